The molecule has 28 heavy (non-hydrogen) atoms. The van der Waals surface area contributed by atoms with E-state index in [4.69, 9.17) is 5.10 Å². The van der Waals surface area contributed by atoms with Crippen molar-refractivity contribution in [2.45, 2.75) is 45.1 Å². The van der Waals surface area contributed by atoms with Gasteiger partial charge in [-0.1, -0.05) is 32.9 Å². The van der Waals surface area contributed by atoms with Crippen LogP contribution in [0.1, 0.15) is 45.2 Å². The highest BCUT2D eigenvalue weighted by Crippen LogP contribution is 2.37. The zero-order chi connectivity index (χ0) is 19.7. The van der Waals surface area contributed by atoms with Gasteiger partial charge in [-0.25, -0.2) is 9.97 Å². The van der Waals surface area contributed by atoms with Gasteiger partial charge in [-0.2, -0.15) is 5.10 Å². The van der Waals surface area contributed by atoms with Crippen LogP contribution in [-0.2, 0) is 5.41 Å². The van der Waals surface area contributed by atoms with Crippen molar-refractivity contribution in [2.75, 3.05) is 13.1 Å². The number of phenols is 1. The number of hydrogen-bond acceptors (Lipinski definition) is 5. The van der Waals surface area contributed by atoms with Crippen LogP contribution in [0.25, 0.3) is 22.5 Å². The van der Waals surface area contributed by atoms with Gasteiger partial charge >= 0.3 is 0 Å². The highest BCUT2D eigenvalue weighted by atomic mass is 16.3. The number of nitrogens with zero attached hydrogens (tertiary/aromatic N) is 4. The summed E-state index contributed by atoms with van der Waals surface area (Å²) < 4.78 is 2.07. The van der Waals surface area contributed by atoms with Crippen LogP contribution in [0, 0.1) is 0 Å². The molecule has 146 valence electrons. The van der Waals surface area contributed by atoms with E-state index >= 15 is 0 Å². The summed E-state index contributed by atoms with van der Waals surface area (Å²) in [6, 6.07) is 8.13. The second-order valence-corrected chi connectivity index (χ2v) is 8.43. The van der Waals surface area contributed by atoms with Crippen molar-refractivity contribution in [3.05, 3.63) is 48.5 Å². The predicted molar refractivity (Wildman–Crippen MR) is 110 cm³/mol. The molecule has 0 saturated carbocycles. The Bertz CT molecular complexity index is 953. The summed E-state index contributed by atoms with van der Waals surface area (Å²) in [6.45, 7) is 8.30. The normalized spacial score (nSPS) is 15.7. The van der Waals surface area contributed by atoms with Crippen molar-refractivity contribution in [2.24, 2.45) is 0 Å². The Morgan fingerprint density at radius 3 is 2.57 bits per heavy atom. The van der Waals surface area contributed by atoms with Gasteiger partial charge in [0, 0.05) is 23.5 Å². The molecule has 0 unspecified atom stereocenters. The summed E-state index contributed by atoms with van der Waals surface area (Å²) in [5, 5.41) is 19.0. The van der Waals surface area contributed by atoms with Crippen molar-refractivity contribution < 1.29 is 5.11 Å². The van der Waals surface area contributed by atoms with Gasteiger partial charge < -0.3 is 10.4 Å². The van der Waals surface area contributed by atoms with E-state index in [0.29, 0.717) is 11.8 Å². The molecule has 1 fully saturated rings. The van der Waals surface area contributed by atoms with E-state index in [9.17, 15) is 5.11 Å². The van der Waals surface area contributed by atoms with E-state index in [1.54, 1.807) is 12.5 Å². The molecule has 1 aromatic carbocycles. The van der Waals surface area contributed by atoms with Crippen LogP contribution in [0.2, 0.25) is 0 Å². The molecule has 1 aliphatic rings. The zero-order valence-electron chi connectivity index (χ0n) is 16.7. The first-order valence-electron chi connectivity index (χ1n) is 9.83. The van der Waals surface area contributed by atoms with Crippen LogP contribution < -0.4 is 5.32 Å². The Morgan fingerprint density at radius 1 is 1.14 bits per heavy atom. The van der Waals surface area contributed by atoms with Crippen LogP contribution in [0.4, 0.5) is 0 Å². The largest absolute Gasteiger partial charge is 0.508 e. The molecule has 6 heteroatoms. The van der Waals surface area contributed by atoms with Crippen molar-refractivity contribution in [3.8, 4) is 28.3 Å². The van der Waals surface area contributed by atoms with Gasteiger partial charge in [0.05, 0.1) is 11.7 Å². The molecule has 3 aromatic rings. The van der Waals surface area contributed by atoms with Crippen LogP contribution in [0.5, 0.6) is 5.75 Å². The number of aromatic hydroxyl groups is 1. The third-order valence-corrected chi connectivity index (χ3v) is 5.35. The molecule has 0 atom stereocenters. The van der Waals surface area contributed by atoms with Crippen molar-refractivity contribution >= 4 is 0 Å². The van der Waals surface area contributed by atoms with Gasteiger partial charge in [0.25, 0.3) is 0 Å². The van der Waals surface area contributed by atoms with Gasteiger partial charge in [0.1, 0.15) is 17.8 Å². The molecule has 0 amide bonds. The third-order valence-electron chi connectivity index (χ3n) is 5.35. The van der Waals surface area contributed by atoms with E-state index in [0.717, 1.165) is 54.0 Å². The summed E-state index contributed by atoms with van der Waals surface area (Å²) >= 11 is 0. The number of aromatic nitrogens is 4. The van der Waals surface area contributed by atoms with Crippen LogP contribution in [0.15, 0.2) is 43.0 Å². The lowest BCUT2D eigenvalue weighted by Gasteiger charge is -2.22. The van der Waals surface area contributed by atoms with Crippen LogP contribution in [-0.4, -0.2) is 37.9 Å². The Balaban J connectivity index is 1.81. The minimum Gasteiger partial charge on any atom is -0.508 e. The van der Waals surface area contributed by atoms with Gasteiger partial charge in [0.15, 0.2) is 0 Å². The third kappa shape index (κ3) is 3.64. The van der Waals surface area contributed by atoms with Crippen LogP contribution in [0.3, 0.4) is 0 Å². The molecule has 6 nitrogen and oxygen atoms in total. The molecular formula is C22H27N5O. The van der Waals surface area contributed by atoms with E-state index < -0.39 is 0 Å². The van der Waals surface area contributed by atoms with E-state index in [2.05, 4.69) is 46.9 Å². The zero-order valence-corrected chi connectivity index (χ0v) is 16.7. The molecular weight excluding hydrogens is 350 g/mol. The lowest BCUT2D eigenvalue weighted by atomic mass is 9.85. The topological polar surface area (TPSA) is 75.9 Å². The lowest BCUT2D eigenvalue weighted by Crippen LogP contribution is -2.29. The lowest BCUT2D eigenvalue weighted by molar-refractivity contribution is 0.344. The molecule has 2 aromatic heterocycles. The number of benzene rings is 1. The maximum Gasteiger partial charge on any atom is 0.119 e. The number of hydrogen-bond donors (Lipinski definition) is 2. The van der Waals surface area contributed by atoms with E-state index in [1.165, 1.54) is 0 Å². The summed E-state index contributed by atoms with van der Waals surface area (Å²) in [6.07, 6.45) is 7.49. The molecule has 1 aliphatic heterocycles. The molecule has 0 radical (unpaired) electrons. The molecule has 0 aliphatic carbocycles. The van der Waals surface area contributed by atoms with E-state index in [1.807, 2.05) is 24.3 Å². The average Bonchev–Trinajstić information content (AvgIpc) is 3.14. The summed E-state index contributed by atoms with van der Waals surface area (Å²) in [5.74, 6) is 0.301. The van der Waals surface area contributed by atoms with E-state index in [-0.39, 0.29) is 5.41 Å². The second-order valence-electron chi connectivity index (χ2n) is 8.43. The smallest absolute Gasteiger partial charge is 0.119 e. The first kappa shape index (κ1) is 18.6. The molecule has 3 heterocycles. The fourth-order valence-electron chi connectivity index (χ4n) is 3.81. The van der Waals surface area contributed by atoms with Gasteiger partial charge in [0.2, 0.25) is 0 Å². The summed E-state index contributed by atoms with van der Waals surface area (Å²) in [5.41, 5.74) is 4.35. The Kier molecular flexibility index (Phi) is 4.89. The van der Waals surface area contributed by atoms with Gasteiger partial charge in [-0.15, -0.1) is 0 Å². The van der Waals surface area contributed by atoms with Crippen molar-refractivity contribution in [1.29, 1.82) is 0 Å². The molecule has 0 spiro atoms. The summed E-state index contributed by atoms with van der Waals surface area (Å²) in [4.78, 5) is 8.47. The summed E-state index contributed by atoms with van der Waals surface area (Å²) in [7, 11) is 0. The maximum atomic E-state index is 10.6. The second kappa shape index (κ2) is 7.36. The molecule has 0 bridgehead atoms. The maximum absolute atomic E-state index is 10.6. The number of rotatable bonds is 3. The fourth-order valence-corrected chi connectivity index (χ4v) is 3.81. The van der Waals surface area contributed by atoms with Crippen molar-refractivity contribution in [3.63, 3.8) is 0 Å². The Labute approximate surface area is 165 Å². The van der Waals surface area contributed by atoms with Crippen LogP contribution >= 0.6 is 0 Å². The number of piperidine rings is 1. The molecule has 4 rings (SSSR count). The SMILES string of the molecule is CC(C)(C)c1ccc(-c2nn(C3CCNCC3)cc2-c2ccncn2)cc1O. The first-order valence-corrected chi connectivity index (χ1v) is 9.83. The fraction of sp³-hybridized carbons (Fsp3) is 0.409. The monoisotopic (exact) mass is 377 g/mol. The average molecular weight is 377 g/mol. The van der Waals surface area contributed by atoms with Gasteiger partial charge in [-0.3, -0.25) is 4.68 Å². The van der Waals surface area contributed by atoms with Crippen molar-refractivity contribution in [1.82, 2.24) is 25.1 Å². The van der Waals surface area contributed by atoms with Gasteiger partial charge in [-0.05, 0) is 49.0 Å². The minimum absolute atomic E-state index is 0.118. The molecule has 1 saturated heterocycles. The Hall–Kier alpha value is -2.73. The number of phenolic OH excluding ortho intramolecular Hbond substituents is 1. The Morgan fingerprint density at radius 2 is 1.93 bits per heavy atom. The highest BCUT2D eigenvalue weighted by molar-refractivity contribution is 5.79. The quantitative estimate of drug-likeness (QED) is 0.723. The first-order chi connectivity index (χ1) is 13.4. The minimum atomic E-state index is -0.118. The standard InChI is InChI=1S/C22H27N5O/c1-22(2,3)18-5-4-15(12-20(18)28)21-17(19-8-11-24-14-25-19)13-27(26-21)16-6-9-23-10-7-16/h4-5,8,11-14,16,23,28H,6-7,9-10H2,1-3H3. The predicted octanol–water partition coefficient (Wildman–Crippen LogP) is 3.93. The highest BCUT2D eigenvalue weighted by Gasteiger charge is 2.23. The number of nitrogens with one attached hydrogen (secondary N) is 1. The molecule has 2 N–H and O–H groups in total.